The van der Waals surface area contributed by atoms with Gasteiger partial charge in [-0.2, -0.15) is 5.10 Å². The molecule has 0 aromatic carbocycles. The van der Waals surface area contributed by atoms with Gasteiger partial charge in [-0.15, -0.1) is 0 Å². The van der Waals surface area contributed by atoms with Crippen molar-refractivity contribution in [1.29, 1.82) is 0 Å². The van der Waals surface area contributed by atoms with E-state index in [0.717, 1.165) is 51.8 Å². The molecule has 4 aromatic heterocycles. The summed E-state index contributed by atoms with van der Waals surface area (Å²) in [5, 5.41) is 7.99. The summed E-state index contributed by atoms with van der Waals surface area (Å²) >= 11 is 0. The van der Waals surface area contributed by atoms with Crippen molar-refractivity contribution in [3.05, 3.63) is 48.2 Å². The van der Waals surface area contributed by atoms with Gasteiger partial charge in [0.05, 0.1) is 5.52 Å². The predicted octanol–water partition coefficient (Wildman–Crippen LogP) is 3.56. The molecule has 4 aromatic rings. The predicted molar refractivity (Wildman–Crippen MR) is 105 cm³/mol. The van der Waals surface area contributed by atoms with E-state index in [4.69, 9.17) is 0 Å². The molecule has 0 aliphatic carbocycles. The third-order valence-corrected chi connectivity index (χ3v) is 4.50. The van der Waals surface area contributed by atoms with Crippen molar-refractivity contribution in [3.8, 4) is 11.1 Å². The fraction of sp³-hybridized carbons (Fsp3) is 0.250. The zero-order chi connectivity index (χ0) is 19.0. The maximum absolute atomic E-state index is 11.3. The molecule has 0 fully saturated rings. The lowest BCUT2D eigenvalue weighted by molar-refractivity contribution is -0.114. The molecular formula is C20H20N6O. The van der Waals surface area contributed by atoms with Gasteiger partial charge >= 0.3 is 0 Å². The average molecular weight is 360 g/mol. The van der Waals surface area contributed by atoms with Gasteiger partial charge in [-0.25, -0.2) is 14.5 Å². The number of aryl methyl sites for hydroxylation is 2. The zero-order valence-electron chi connectivity index (χ0n) is 15.5. The van der Waals surface area contributed by atoms with Crippen LogP contribution < -0.4 is 5.32 Å². The van der Waals surface area contributed by atoms with E-state index in [0.29, 0.717) is 5.82 Å². The van der Waals surface area contributed by atoms with Gasteiger partial charge < -0.3 is 5.32 Å². The molecule has 0 saturated heterocycles. The van der Waals surface area contributed by atoms with Crippen molar-refractivity contribution in [2.45, 2.75) is 33.6 Å². The minimum atomic E-state index is -0.165. The highest BCUT2D eigenvalue weighted by Gasteiger charge is 2.14. The molecule has 136 valence electrons. The molecule has 7 nitrogen and oxygen atoms in total. The highest BCUT2D eigenvalue weighted by atomic mass is 16.1. The lowest BCUT2D eigenvalue weighted by atomic mass is 10.0. The molecule has 1 N–H and O–H groups in total. The Morgan fingerprint density at radius 1 is 1.11 bits per heavy atom. The Hall–Kier alpha value is -3.35. The van der Waals surface area contributed by atoms with Crippen LogP contribution in [0.4, 0.5) is 5.82 Å². The Labute approximate surface area is 156 Å². The molecule has 0 aliphatic rings. The first-order valence-corrected chi connectivity index (χ1v) is 8.93. The minimum Gasteiger partial charge on any atom is -0.311 e. The molecule has 0 atom stereocenters. The first-order chi connectivity index (χ1) is 13.1. The topological polar surface area (TPSA) is 85.1 Å². The molecule has 4 heterocycles. The fourth-order valence-electron chi connectivity index (χ4n) is 3.31. The summed E-state index contributed by atoms with van der Waals surface area (Å²) < 4.78 is 1.77. The average Bonchev–Trinajstić information content (AvgIpc) is 3.11. The summed E-state index contributed by atoms with van der Waals surface area (Å²) in [6.45, 7) is 5.69. The van der Waals surface area contributed by atoms with Gasteiger partial charge in [-0.05, 0) is 31.0 Å². The number of hydrogen-bond acceptors (Lipinski definition) is 5. The van der Waals surface area contributed by atoms with Gasteiger partial charge in [0.2, 0.25) is 5.91 Å². The first-order valence-electron chi connectivity index (χ1n) is 8.93. The van der Waals surface area contributed by atoms with Crippen LogP contribution in [0, 0.1) is 6.92 Å². The van der Waals surface area contributed by atoms with Crippen molar-refractivity contribution in [3.63, 3.8) is 0 Å². The molecule has 27 heavy (non-hydrogen) atoms. The molecule has 0 saturated carbocycles. The summed E-state index contributed by atoms with van der Waals surface area (Å²) in [4.78, 5) is 24.7. The molecule has 1 amide bonds. The zero-order valence-corrected chi connectivity index (χ0v) is 15.5. The molecule has 4 rings (SSSR count). The van der Waals surface area contributed by atoms with Crippen LogP contribution in [-0.4, -0.2) is 30.5 Å². The van der Waals surface area contributed by atoms with Gasteiger partial charge in [0.25, 0.3) is 0 Å². The van der Waals surface area contributed by atoms with Crippen LogP contribution in [0.15, 0.2) is 36.9 Å². The van der Waals surface area contributed by atoms with Crippen LogP contribution >= 0.6 is 0 Å². The van der Waals surface area contributed by atoms with E-state index >= 15 is 0 Å². The molecule has 0 aliphatic heterocycles. The summed E-state index contributed by atoms with van der Waals surface area (Å²) in [6, 6.07) is 5.99. The summed E-state index contributed by atoms with van der Waals surface area (Å²) in [6.07, 6.45) is 7.22. The van der Waals surface area contributed by atoms with Gasteiger partial charge in [-0.3, -0.25) is 9.78 Å². The number of carbonyl (C=O) groups is 1. The number of rotatable bonds is 4. The van der Waals surface area contributed by atoms with Crippen molar-refractivity contribution in [2.75, 3.05) is 5.32 Å². The molecular weight excluding hydrogens is 340 g/mol. The molecule has 7 heteroatoms. The number of amides is 1. The van der Waals surface area contributed by atoms with Gasteiger partial charge in [0, 0.05) is 47.6 Å². The lowest BCUT2D eigenvalue weighted by Gasteiger charge is -2.11. The third kappa shape index (κ3) is 3.12. The molecule has 0 unspecified atom stereocenters. The van der Waals surface area contributed by atoms with Crippen LogP contribution in [0.5, 0.6) is 0 Å². The van der Waals surface area contributed by atoms with Gasteiger partial charge in [-0.1, -0.05) is 13.3 Å². The minimum absolute atomic E-state index is 0.165. The van der Waals surface area contributed by atoms with Crippen LogP contribution in [0.25, 0.3) is 27.7 Å². The van der Waals surface area contributed by atoms with Gasteiger partial charge in [0.1, 0.15) is 12.1 Å². The Bertz CT molecular complexity index is 1160. The number of anilines is 1. The second-order valence-corrected chi connectivity index (χ2v) is 6.60. The maximum Gasteiger partial charge on any atom is 0.222 e. The van der Waals surface area contributed by atoms with Crippen LogP contribution in [0.2, 0.25) is 0 Å². The largest absolute Gasteiger partial charge is 0.311 e. The standard InChI is InChI=1S/C20H20N6O/c1-4-5-15-6-12(2)17(10-21-15)16-7-14-9-22-19(25-13(3)27)8-18(14)26-20(16)23-11-24-26/h6-11H,4-5H2,1-3H3,(H,22,25,27). The maximum atomic E-state index is 11.3. The van der Waals surface area contributed by atoms with Crippen LogP contribution in [0.3, 0.4) is 0 Å². The number of nitrogens with one attached hydrogen (secondary N) is 1. The van der Waals surface area contributed by atoms with Crippen LogP contribution in [0.1, 0.15) is 31.5 Å². The highest BCUT2D eigenvalue weighted by Crippen LogP contribution is 2.30. The summed E-state index contributed by atoms with van der Waals surface area (Å²) in [7, 11) is 0. The van der Waals surface area contributed by atoms with Crippen molar-refractivity contribution in [2.24, 2.45) is 0 Å². The number of aromatic nitrogens is 5. The van der Waals surface area contributed by atoms with Crippen molar-refractivity contribution in [1.82, 2.24) is 24.6 Å². The second kappa shape index (κ2) is 6.75. The molecule has 0 spiro atoms. The number of pyridine rings is 3. The van der Waals surface area contributed by atoms with Crippen molar-refractivity contribution < 1.29 is 4.79 Å². The van der Waals surface area contributed by atoms with Crippen molar-refractivity contribution >= 4 is 28.3 Å². The summed E-state index contributed by atoms with van der Waals surface area (Å²) in [5.74, 6) is 0.323. The van der Waals surface area contributed by atoms with E-state index in [-0.39, 0.29) is 5.91 Å². The van der Waals surface area contributed by atoms with E-state index in [1.165, 1.54) is 13.3 Å². The van der Waals surface area contributed by atoms with E-state index < -0.39 is 0 Å². The van der Waals surface area contributed by atoms with E-state index in [1.54, 1.807) is 16.8 Å². The first kappa shape index (κ1) is 17.1. The Kier molecular flexibility index (Phi) is 4.27. The van der Waals surface area contributed by atoms with Crippen LogP contribution in [-0.2, 0) is 11.2 Å². The number of nitrogens with zero attached hydrogens (tertiary/aromatic N) is 5. The van der Waals surface area contributed by atoms with Gasteiger partial charge in [0.15, 0.2) is 5.65 Å². The third-order valence-electron chi connectivity index (χ3n) is 4.50. The van der Waals surface area contributed by atoms with E-state index in [9.17, 15) is 4.79 Å². The number of carbonyl (C=O) groups excluding carboxylic acids is 1. The lowest BCUT2D eigenvalue weighted by Crippen LogP contribution is -2.07. The quantitative estimate of drug-likeness (QED) is 0.601. The van der Waals surface area contributed by atoms with E-state index in [2.05, 4.69) is 45.3 Å². The Morgan fingerprint density at radius 2 is 1.96 bits per heavy atom. The molecule has 0 bridgehead atoms. The Balaban J connectivity index is 1.91. The normalized spacial score (nSPS) is 11.2. The summed E-state index contributed by atoms with van der Waals surface area (Å²) in [5.41, 5.74) is 5.82. The number of hydrogen-bond donors (Lipinski definition) is 1. The SMILES string of the molecule is CCCc1cc(C)c(-c2cc3cnc(NC(C)=O)cc3n3ncnc23)cn1. The Morgan fingerprint density at radius 3 is 2.70 bits per heavy atom. The highest BCUT2D eigenvalue weighted by molar-refractivity contribution is 5.94. The number of fused-ring (bicyclic) bond motifs is 3. The second-order valence-electron chi connectivity index (χ2n) is 6.60. The fourth-order valence-corrected chi connectivity index (χ4v) is 3.31. The smallest absolute Gasteiger partial charge is 0.222 e. The van der Waals surface area contributed by atoms with E-state index in [1.807, 2.05) is 12.3 Å². The molecule has 0 radical (unpaired) electrons. The monoisotopic (exact) mass is 360 g/mol.